The Hall–Kier alpha value is -0.460. The second-order valence-corrected chi connectivity index (χ2v) is 3.98. The van der Waals surface area contributed by atoms with E-state index >= 15 is 0 Å². The van der Waals surface area contributed by atoms with E-state index in [0.717, 1.165) is 12.0 Å². The number of hydrogen-bond acceptors (Lipinski definition) is 1. The van der Waals surface area contributed by atoms with E-state index < -0.39 is 0 Å². The maximum atomic E-state index is 4.02. The predicted octanol–water partition coefficient (Wildman–Crippen LogP) is 2.39. The fourth-order valence-electron chi connectivity index (χ4n) is 2.71. The van der Waals surface area contributed by atoms with Gasteiger partial charge in [-0.3, -0.25) is 0 Å². The van der Waals surface area contributed by atoms with Crippen molar-refractivity contribution >= 4 is 0 Å². The molecule has 0 spiro atoms. The van der Waals surface area contributed by atoms with E-state index in [-0.39, 0.29) is 0 Å². The first kappa shape index (κ1) is 7.20. The molecule has 0 aromatic rings. The third-order valence-electron chi connectivity index (χ3n) is 3.25. The normalized spacial score (nSPS) is 35.9. The van der Waals surface area contributed by atoms with Gasteiger partial charge < -0.3 is 4.90 Å². The largest absolute Gasteiger partial charge is 0.372 e. The Bertz CT molecular complexity index is 174. The van der Waals surface area contributed by atoms with Crippen LogP contribution in [0.15, 0.2) is 12.3 Å². The van der Waals surface area contributed by atoms with E-state index in [1.807, 2.05) is 0 Å². The van der Waals surface area contributed by atoms with Crippen LogP contribution in [-0.2, 0) is 0 Å². The van der Waals surface area contributed by atoms with Crippen molar-refractivity contribution in [2.24, 2.45) is 5.92 Å². The van der Waals surface area contributed by atoms with Crippen LogP contribution in [0, 0.1) is 5.92 Å². The molecule has 62 valence electrons. The lowest BCUT2D eigenvalue weighted by Crippen LogP contribution is -2.27. The van der Waals surface area contributed by atoms with Crippen molar-refractivity contribution < 1.29 is 0 Å². The Kier molecular flexibility index (Phi) is 1.67. The zero-order valence-corrected chi connectivity index (χ0v) is 7.34. The van der Waals surface area contributed by atoms with Crippen molar-refractivity contribution in [1.29, 1.82) is 0 Å². The summed E-state index contributed by atoms with van der Waals surface area (Å²) in [4.78, 5) is 2.51. The smallest absolute Gasteiger partial charge is 0.0315 e. The van der Waals surface area contributed by atoms with Gasteiger partial charge in [0.2, 0.25) is 0 Å². The standard InChI is InChI=1S/C10H17N/c1-8(2)11-7-6-9-4-3-5-10(9)11/h9-10H,1,3-7H2,2H3. The average molecular weight is 151 g/mol. The summed E-state index contributed by atoms with van der Waals surface area (Å²) < 4.78 is 0. The highest BCUT2D eigenvalue weighted by atomic mass is 15.2. The molecule has 2 unspecified atom stereocenters. The molecule has 1 heterocycles. The van der Waals surface area contributed by atoms with E-state index in [2.05, 4.69) is 18.4 Å². The van der Waals surface area contributed by atoms with Gasteiger partial charge in [-0.1, -0.05) is 13.0 Å². The van der Waals surface area contributed by atoms with Gasteiger partial charge in [-0.25, -0.2) is 0 Å². The van der Waals surface area contributed by atoms with Crippen molar-refractivity contribution in [2.75, 3.05) is 6.54 Å². The number of likely N-dealkylation sites (tertiary alicyclic amines) is 1. The molecule has 1 saturated carbocycles. The molecule has 1 aliphatic heterocycles. The Morgan fingerprint density at radius 2 is 2.18 bits per heavy atom. The van der Waals surface area contributed by atoms with Crippen molar-refractivity contribution in [3.63, 3.8) is 0 Å². The summed E-state index contributed by atoms with van der Waals surface area (Å²) in [6.45, 7) is 7.43. The molecule has 1 aliphatic carbocycles. The maximum absolute atomic E-state index is 4.02. The van der Waals surface area contributed by atoms with E-state index in [1.54, 1.807) is 0 Å². The highest BCUT2D eigenvalue weighted by Gasteiger charge is 2.36. The molecule has 2 rings (SSSR count). The second-order valence-electron chi connectivity index (χ2n) is 3.98. The highest BCUT2D eigenvalue weighted by molar-refractivity contribution is 5.01. The SMILES string of the molecule is C=C(C)N1CCC2CCCC21. The van der Waals surface area contributed by atoms with E-state index in [9.17, 15) is 0 Å². The molecule has 2 atom stereocenters. The Labute approximate surface area is 69.1 Å². The van der Waals surface area contributed by atoms with E-state index in [0.29, 0.717) is 0 Å². The first-order valence-corrected chi connectivity index (χ1v) is 4.71. The number of allylic oxidation sites excluding steroid dienone is 1. The lowest BCUT2D eigenvalue weighted by Gasteiger charge is -2.25. The quantitative estimate of drug-likeness (QED) is 0.556. The fraction of sp³-hybridized carbons (Fsp3) is 0.800. The molecule has 2 fully saturated rings. The highest BCUT2D eigenvalue weighted by Crippen LogP contribution is 2.38. The van der Waals surface area contributed by atoms with Crippen molar-refractivity contribution in [1.82, 2.24) is 4.90 Å². The van der Waals surface area contributed by atoms with E-state index in [1.165, 1.54) is 37.9 Å². The van der Waals surface area contributed by atoms with Crippen molar-refractivity contribution in [3.05, 3.63) is 12.3 Å². The van der Waals surface area contributed by atoms with Gasteiger partial charge in [0.1, 0.15) is 0 Å². The minimum Gasteiger partial charge on any atom is -0.372 e. The third-order valence-corrected chi connectivity index (χ3v) is 3.25. The third kappa shape index (κ3) is 1.07. The van der Waals surface area contributed by atoms with Gasteiger partial charge in [0.25, 0.3) is 0 Å². The lowest BCUT2D eigenvalue weighted by molar-refractivity contribution is 0.305. The maximum Gasteiger partial charge on any atom is 0.0315 e. The van der Waals surface area contributed by atoms with Gasteiger partial charge in [-0.05, 0) is 32.1 Å². The molecule has 0 bridgehead atoms. The summed E-state index contributed by atoms with van der Waals surface area (Å²) in [5.74, 6) is 1.01. The van der Waals surface area contributed by atoms with E-state index in [4.69, 9.17) is 0 Å². The molecule has 11 heavy (non-hydrogen) atoms. The molecule has 0 amide bonds. The van der Waals surface area contributed by atoms with Crippen LogP contribution in [-0.4, -0.2) is 17.5 Å². The summed E-state index contributed by atoms with van der Waals surface area (Å²) >= 11 is 0. The molecule has 0 aromatic heterocycles. The minimum atomic E-state index is 0.868. The van der Waals surface area contributed by atoms with Crippen LogP contribution in [0.5, 0.6) is 0 Å². The van der Waals surface area contributed by atoms with Gasteiger partial charge in [-0.15, -0.1) is 0 Å². The van der Waals surface area contributed by atoms with Crippen LogP contribution >= 0.6 is 0 Å². The molecule has 1 nitrogen and oxygen atoms in total. The van der Waals surface area contributed by atoms with Crippen molar-refractivity contribution in [2.45, 2.75) is 38.6 Å². The van der Waals surface area contributed by atoms with Crippen LogP contribution in [0.3, 0.4) is 0 Å². The van der Waals surface area contributed by atoms with Crippen LogP contribution in [0.4, 0.5) is 0 Å². The molecule has 0 radical (unpaired) electrons. The Balaban J connectivity index is 2.08. The van der Waals surface area contributed by atoms with Gasteiger partial charge in [0.05, 0.1) is 0 Å². The molecular weight excluding hydrogens is 134 g/mol. The summed E-state index contributed by atoms with van der Waals surface area (Å²) in [7, 11) is 0. The Morgan fingerprint density at radius 1 is 1.36 bits per heavy atom. The fourth-order valence-corrected chi connectivity index (χ4v) is 2.71. The van der Waals surface area contributed by atoms with Gasteiger partial charge in [0.15, 0.2) is 0 Å². The van der Waals surface area contributed by atoms with Crippen LogP contribution < -0.4 is 0 Å². The van der Waals surface area contributed by atoms with Crippen LogP contribution in [0.1, 0.15) is 32.6 Å². The zero-order valence-electron chi connectivity index (χ0n) is 7.34. The lowest BCUT2D eigenvalue weighted by atomic mass is 10.0. The molecule has 0 N–H and O–H groups in total. The Morgan fingerprint density at radius 3 is 2.91 bits per heavy atom. The zero-order chi connectivity index (χ0) is 7.84. The number of fused-ring (bicyclic) bond motifs is 1. The molecule has 0 aromatic carbocycles. The van der Waals surface area contributed by atoms with Crippen LogP contribution in [0.25, 0.3) is 0 Å². The number of rotatable bonds is 1. The molecule has 1 saturated heterocycles. The van der Waals surface area contributed by atoms with Crippen molar-refractivity contribution in [3.8, 4) is 0 Å². The summed E-state index contributed by atoms with van der Waals surface area (Å²) in [5, 5.41) is 0. The summed E-state index contributed by atoms with van der Waals surface area (Å²) in [5.41, 5.74) is 1.28. The first-order valence-electron chi connectivity index (χ1n) is 4.71. The predicted molar refractivity (Wildman–Crippen MR) is 47.3 cm³/mol. The second kappa shape index (κ2) is 2.54. The molecule has 1 heteroatoms. The van der Waals surface area contributed by atoms with Gasteiger partial charge in [0, 0.05) is 18.3 Å². The molecule has 2 aliphatic rings. The monoisotopic (exact) mass is 151 g/mol. The minimum absolute atomic E-state index is 0.868. The number of hydrogen-bond donors (Lipinski definition) is 0. The topological polar surface area (TPSA) is 3.24 Å². The average Bonchev–Trinajstić information content (AvgIpc) is 2.41. The van der Waals surface area contributed by atoms with Crippen LogP contribution in [0.2, 0.25) is 0 Å². The van der Waals surface area contributed by atoms with Gasteiger partial charge >= 0.3 is 0 Å². The summed E-state index contributed by atoms with van der Waals surface area (Å²) in [6, 6.07) is 0.868. The summed E-state index contributed by atoms with van der Waals surface area (Å²) in [6.07, 6.45) is 5.74. The molecular formula is C10H17N. The first-order chi connectivity index (χ1) is 5.29. The van der Waals surface area contributed by atoms with Gasteiger partial charge in [-0.2, -0.15) is 0 Å². The number of nitrogens with zero attached hydrogens (tertiary/aromatic N) is 1.